The Hall–Kier alpha value is -3.71. The third kappa shape index (κ3) is 4.47. The average molecular weight is 414 g/mol. The molecule has 0 bridgehead atoms. The fourth-order valence-electron chi connectivity index (χ4n) is 2.89. The van der Waals surface area contributed by atoms with Gasteiger partial charge in [-0.05, 0) is 29.8 Å². The highest BCUT2D eigenvalue weighted by atomic mass is 32.2. The van der Waals surface area contributed by atoms with E-state index >= 15 is 0 Å². The zero-order valence-electron chi connectivity index (χ0n) is 15.9. The number of para-hydroxylation sites is 2. The molecule has 7 heteroatoms. The van der Waals surface area contributed by atoms with Gasteiger partial charge in [0.2, 0.25) is 0 Å². The fourth-order valence-corrected chi connectivity index (χ4v) is 3.70. The summed E-state index contributed by atoms with van der Waals surface area (Å²) in [5.41, 5.74) is 4.52. The lowest BCUT2D eigenvalue weighted by Gasteiger charge is -2.12. The van der Waals surface area contributed by atoms with Crippen molar-refractivity contribution in [1.29, 1.82) is 0 Å². The Morgan fingerprint density at radius 2 is 1.63 bits per heavy atom. The fraction of sp³-hybridized carbons (Fsp3) is 0.0435. The summed E-state index contributed by atoms with van der Waals surface area (Å²) in [4.78, 5) is 30.0. The number of nitrogens with zero attached hydrogens (tertiary/aromatic N) is 3. The predicted octanol–water partition coefficient (Wildman–Crippen LogP) is 3.63. The van der Waals surface area contributed by atoms with Gasteiger partial charge in [-0.1, -0.05) is 72.4 Å². The number of amides is 1. The molecule has 6 nitrogen and oxygen atoms in total. The maximum atomic E-state index is 13.1. The summed E-state index contributed by atoms with van der Waals surface area (Å²) in [5, 5.41) is 4.96. The van der Waals surface area contributed by atoms with Gasteiger partial charge in [0.1, 0.15) is 0 Å². The molecule has 30 heavy (non-hydrogen) atoms. The van der Waals surface area contributed by atoms with E-state index in [1.807, 2.05) is 72.8 Å². The number of nitrogens with one attached hydrogen (secondary N) is 1. The Morgan fingerprint density at radius 1 is 0.967 bits per heavy atom. The van der Waals surface area contributed by atoms with Crippen LogP contribution < -0.4 is 11.0 Å². The quantitative estimate of drug-likeness (QED) is 0.226. The summed E-state index contributed by atoms with van der Waals surface area (Å²) in [7, 11) is 0. The molecule has 0 radical (unpaired) electrons. The highest BCUT2D eigenvalue weighted by Crippen LogP contribution is 2.21. The van der Waals surface area contributed by atoms with Crippen LogP contribution in [0.15, 0.2) is 100.0 Å². The van der Waals surface area contributed by atoms with Crippen LogP contribution in [-0.4, -0.2) is 27.4 Å². The first-order chi connectivity index (χ1) is 14.7. The maximum absolute atomic E-state index is 13.1. The van der Waals surface area contributed by atoms with Crippen molar-refractivity contribution in [2.24, 2.45) is 5.10 Å². The van der Waals surface area contributed by atoms with Crippen LogP contribution in [0.2, 0.25) is 0 Å². The SMILES string of the molecule is O=C(CSc1nc2ccccc2c(=O)n1-c1ccccc1)N/N=C\c1ccccc1. The predicted molar refractivity (Wildman–Crippen MR) is 120 cm³/mol. The second-order valence-corrected chi connectivity index (χ2v) is 7.32. The molecule has 0 aliphatic carbocycles. The van der Waals surface area contributed by atoms with E-state index in [4.69, 9.17) is 0 Å². The van der Waals surface area contributed by atoms with E-state index in [1.165, 1.54) is 16.3 Å². The maximum Gasteiger partial charge on any atom is 0.266 e. The monoisotopic (exact) mass is 414 g/mol. The number of fused-ring (bicyclic) bond motifs is 1. The van der Waals surface area contributed by atoms with Crippen molar-refractivity contribution in [3.8, 4) is 5.69 Å². The first-order valence-electron chi connectivity index (χ1n) is 9.29. The summed E-state index contributed by atoms with van der Waals surface area (Å²) in [6.07, 6.45) is 1.58. The molecule has 4 aromatic rings. The smallest absolute Gasteiger partial charge is 0.266 e. The van der Waals surface area contributed by atoms with Crippen LogP contribution in [0.5, 0.6) is 0 Å². The molecule has 0 aliphatic heterocycles. The van der Waals surface area contributed by atoms with Gasteiger partial charge in [0.25, 0.3) is 11.5 Å². The Bertz CT molecular complexity index is 1250. The molecule has 0 unspecified atom stereocenters. The lowest BCUT2D eigenvalue weighted by atomic mass is 10.2. The number of benzene rings is 3. The molecular formula is C23H18N4O2S. The van der Waals surface area contributed by atoms with Crippen LogP contribution in [0.3, 0.4) is 0 Å². The first kappa shape index (κ1) is 19.6. The molecule has 1 heterocycles. The van der Waals surface area contributed by atoms with Gasteiger partial charge in [-0.2, -0.15) is 5.10 Å². The molecule has 1 aromatic heterocycles. The Labute approximate surface area is 177 Å². The van der Waals surface area contributed by atoms with Crippen molar-refractivity contribution in [2.45, 2.75) is 5.16 Å². The molecule has 0 atom stereocenters. The molecule has 0 saturated heterocycles. The van der Waals surface area contributed by atoms with Gasteiger partial charge >= 0.3 is 0 Å². The third-order valence-corrected chi connectivity index (χ3v) is 5.23. The van der Waals surface area contributed by atoms with Crippen molar-refractivity contribution >= 4 is 34.8 Å². The number of carbonyl (C=O) groups is 1. The Kier molecular flexibility index (Phi) is 6.01. The van der Waals surface area contributed by atoms with E-state index in [1.54, 1.807) is 18.3 Å². The van der Waals surface area contributed by atoms with Crippen LogP contribution in [-0.2, 0) is 4.79 Å². The molecule has 1 N–H and O–H groups in total. The lowest BCUT2D eigenvalue weighted by molar-refractivity contribution is -0.118. The van der Waals surface area contributed by atoms with Gasteiger partial charge in [0, 0.05) is 0 Å². The largest absolute Gasteiger partial charge is 0.272 e. The van der Waals surface area contributed by atoms with E-state index in [0.717, 1.165) is 5.56 Å². The van der Waals surface area contributed by atoms with Crippen molar-refractivity contribution in [3.05, 3.63) is 101 Å². The van der Waals surface area contributed by atoms with Gasteiger partial charge in [-0.15, -0.1) is 0 Å². The number of hydrazone groups is 1. The second kappa shape index (κ2) is 9.19. The third-order valence-electron chi connectivity index (χ3n) is 4.29. The molecule has 1 amide bonds. The number of aromatic nitrogens is 2. The van der Waals surface area contributed by atoms with E-state index in [-0.39, 0.29) is 17.2 Å². The summed E-state index contributed by atoms with van der Waals surface area (Å²) >= 11 is 1.19. The molecular weight excluding hydrogens is 396 g/mol. The summed E-state index contributed by atoms with van der Waals surface area (Å²) in [5.74, 6) is -0.210. The number of thioether (sulfide) groups is 1. The van der Waals surface area contributed by atoms with Gasteiger partial charge in [0.15, 0.2) is 5.16 Å². The lowest BCUT2D eigenvalue weighted by Crippen LogP contribution is -2.24. The van der Waals surface area contributed by atoms with Gasteiger partial charge in [-0.3, -0.25) is 14.2 Å². The van der Waals surface area contributed by atoms with Crippen molar-refractivity contribution in [3.63, 3.8) is 0 Å². The van der Waals surface area contributed by atoms with E-state index in [0.29, 0.717) is 21.7 Å². The molecule has 148 valence electrons. The zero-order chi connectivity index (χ0) is 20.8. The molecule has 3 aromatic carbocycles. The first-order valence-corrected chi connectivity index (χ1v) is 10.3. The number of hydrogen-bond donors (Lipinski definition) is 1. The minimum atomic E-state index is -0.283. The van der Waals surface area contributed by atoms with Crippen LogP contribution in [0.1, 0.15) is 5.56 Å². The summed E-state index contributed by atoms with van der Waals surface area (Å²) < 4.78 is 1.54. The molecule has 0 spiro atoms. The molecule has 0 fully saturated rings. The minimum Gasteiger partial charge on any atom is -0.272 e. The second-order valence-electron chi connectivity index (χ2n) is 6.38. The average Bonchev–Trinajstić information content (AvgIpc) is 2.79. The number of carbonyl (C=O) groups excluding carboxylic acids is 1. The molecule has 0 aliphatic rings. The minimum absolute atomic E-state index is 0.0732. The van der Waals surface area contributed by atoms with Crippen molar-refractivity contribution < 1.29 is 4.79 Å². The summed E-state index contributed by atoms with van der Waals surface area (Å²) in [6.45, 7) is 0. The highest BCUT2D eigenvalue weighted by molar-refractivity contribution is 7.99. The standard InChI is InChI=1S/C23H18N4O2S/c28-21(26-24-15-17-9-3-1-4-10-17)16-30-23-25-20-14-8-7-13-19(20)22(29)27(23)18-11-5-2-6-12-18/h1-15H,16H2,(H,26,28)/b24-15-. The van der Waals surface area contributed by atoms with Crippen molar-refractivity contribution in [2.75, 3.05) is 5.75 Å². The molecule has 4 rings (SSSR count). The van der Waals surface area contributed by atoms with Crippen molar-refractivity contribution in [1.82, 2.24) is 15.0 Å². The zero-order valence-corrected chi connectivity index (χ0v) is 16.8. The van der Waals surface area contributed by atoms with Crippen LogP contribution in [0.25, 0.3) is 16.6 Å². The van der Waals surface area contributed by atoms with E-state index in [2.05, 4.69) is 15.5 Å². The highest BCUT2D eigenvalue weighted by Gasteiger charge is 2.14. The number of rotatable bonds is 6. The van der Waals surface area contributed by atoms with E-state index in [9.17, 15) is 9.59 Å². The van der Waals surface area contributed by atoms with Crippen LogP contribution in [0, 0.1) is 0 Å². The van der Waals surface area contributed by atoms with Crippen LogP contribution in [0.4, 0.5) is 0 Å². The van der Waals surface area contributed by atoms with Gasteiger partial charge in [-0.25, -0.2) is 10.4 Å². The molecule has 0 saturated carbocycles. The number of hydrogen-bond acceptors (Lipinski definition) is 5. The van der Waals surface area contributed by atoms with E-state index < -0.39 is 0 Å². The van der Waals surface area contributed by atoms with Crippen LogP contribution >= 0.6 is 11.8 Å². The van der Waals surface area contributed by atoms with Gasteiger partial charge in [0.05, 0.1) is 28.6 Å². The Balaban J connectivity index is 1.57. The summed E-state index contributed by atoms with van der Waals surface area (Å²) in [6, 6.07) is 26.0. The van der Waals surface area contributed by atoms with Gasteiger partial charge < -0.3 is 0 Å². The Morgan fingerprint density at radius 3 is 2.40 bits per heavy atom. The normalized spacial score (nSPS) is 11.1. The topological polar surface area (TPSA) is 76.3 Å².